The quantitative estimate of drug-likeness (QED) is 0.861. The topological polar surface area (TPSA) is 112 Å². The summed E-state index contributed by atoms with van der Waals surface area (Å²) in [5.74, 6) is 0.256. The number of rotatable bonds is 2. The number of carbonyl (C=O) groups is 2. The second kappa shape index (κ2) is 6.37. The van der Waals surface area contributed by atoms with E-state index in [1.54, 1.807) is 12.1 Å². The molecule has 2 aromatic carbocycles. The number of hydrogen-bond acceptors (Lipinski definition) is 6. The normalized spacial score (nSPS) is 13.0. The highest BCUT2D eigenvalue weighted by Gasteiger charge is 2.16. The van der Waals surface area contributed by atoms with E-state index in [0.29, 0.717) is 23.0 Å². The molecule has 2 aliphatic rings. The highest BCUT2D eigenvalue weighted by atomic mass is 16.7. The lowest BCUT2D eigenvalue weighted by Crippen LogP contribution is -1.95. The third kappa shape index (κ3) is 3.17. The predicted molar refractivity (Wildman–Crippen MR) is 79.0 cm³/mol. The van der Waals surface area contributed by atoms with Gasteiger partial charge in [-0.25, -0.2) is 9.59 Å². The van der Waals surface area contributed by atoms with Crippen molar-refractivity contribution in [3.05, 3.63) is 47.5 Å². The van der Waals surface area contributed by atoms with Crippen molar-refractivity contribution >= 4 is 11.9 Å². The second-order valence-corrected chi connectivity index (χ2v) is 4.75. The van der Waals surface area contributed by atoms with Gasteiger partial charge in [0.2, 0.25) is 13.6 Å². The molecule has 2 heterocycles. The fourth-order valence-electron chi connectivity index (χ4n) is 2.06. The Morgan fingerprint density at radius 1 is 0.667 bits per heavy atom. The maximum Gasteiger partial charge on any atom is 0.335 e. The summed E-state index contributed by atoms with van der Waals surface area (Å²) in [6.45, 7) is 0.330. The van der Waals surface area contributed by atoms with Crippen LogP contribution in [0.4, 0.5) is 0 Å². The van der Waals surface area contributed by atoms with Crippen LogP contribution in [0.3, 0.4) is 0 Å². The van der Waals surface area contributed by atoms with Crippen LogP contribution in [0.1, 0.15) is 20.7 Å². The van der Waals surface area contributed by atoms with Gasteiger partial charge in [-0.1, -0.05) is 0 Å². The third-order valence-corrected chi connectivity index (χ3v) is 3.24. The largest absolute Gasteiger partial charge is 0.478 e. The first kappa shape index (κ1) is 15.5. The number of hydrogen-bond donors (Lipinski definition) is 2. The third-order valence-electron chi connectivity index (χ3n) is 3.24. The van der Waals surface area contributed by atoms with Crippen molar-refractivity contribution in [3.63, 3.8) is 0 Å². The summed E-state index contributed by atoms with van der Waals surface area (Å²) in [4.78, 5) is 21.0. The van der Waals surface area contributed by atoms with Crippen molar-refractivity contribution in [2.24, 2.45) is 0 Å². The zero-order valence-electron chi connectivity index (χ0n) is 12.2. The first-order valence-electron chi connectivity index (χ1n) is 6.80. The first-order valence-corrected chi connectivity index (χ1v) is 6.80. The van der Waals surface area contributed by atoms with Gasteiger partial charge in [0.15, 0.2) is 23.0 Å². The SMILES string of the molecule is O=C(O)c1ccc2c(c1)OCO2.O=C(O)c1ccc2c(c1)OCO2. The van der Waals surface area contributed by atoms with Crippen molar-refractivity contribution in [3.8, 4) is 23.0 Å². The van der Waals surface area contributed by atoms with Crippen molar-refractivity contribution in [1.29, 1.82) is 0 Å². The Labute approximate surface area is 135 Å². The minimum atomic E-state index is -0.965. The van der Waals surface area contributed by atoms with Crippen LogP contribution in [0.25, 0.3) is 0 Å². The summed E-state index contributed by atoms with van der Waals surface area (Å²) in [5, 5.41) is 17.2. The highest BCUT2D eigenvalue weighted by Crippen LogP contribution is 2.33. The molecule has 0 fully saturated rings. The van der Waals surface area contributed by atoms with E-state index >= 15 is 0 Å². The molecular formula is C16H12O8. The van der Waals surface area contributed by atoms with Crippen LogP contribution < -0.4 is 18.9 Å². The zero-order valence-corrected chi connectivity index (χ0v) is 12.2. The molecule has 0 saturated carbocycles. The molecule has 4 rings (SSSR count). The monoisotopic (exact) mass is 332 g/mol. The second-order valence-electron chi connectivity index (χ2n) is 4.75. The lowest BCUT2D eigenvalue weighted by atomic mass is 10.2. The van der Waals surface area contributed by atoms with E-state index in [2.05, 4.69) is 0 Å². The Morgan fingerprint density at radius 3 is 1.42 bits per heavy atom. The molecule has 24 heavy (non-hydrogen) atoms. The molecular weight excluding hydrogens is 320 g/mol. The van der Waals surface area contributed by atoms with Crippen LogP contribution in [0.5, 0.6) is 23.0 Å². The Bertz CT molecular complexity index is 731. The first-order chi connectivity index (χ1) is 11.5. The summed E-state index contributed by atoms with van der Waals surface area (Å²) in [6.07, 6.45) is 0. The Hall–Kier alpha value is -3.42. The predicted octanol–water partition coefficient (Wildman–Crippen LogP) is 2.23. The molecule has 0 aromatic heterocycles. The van der Waals surface area contributed by atoms with Crippen LogP contribution in [0.2, 0.25) is 0 Å². The van der Waals surface area contributed by atoms with Gasteiger partial charge in [0, 0.05) is 0 Å². The fraction of sp³-hybridized carbons (Fsp3) is 0.125. The van der Waals surface area contributed by atoms with E-state index in [4.69, 9.17) is 29.2 Å². The van der Waals surface area contributed by atoms with Crippen LogP contribution in [-0.4, -0.2) is 35.7 Å². The van der Waals surface area contributed by atoms with Gasteiger partial charge in [-0.3, -0.25) is 0 Å². The Kier molecular flexibility index (Phi) is 4.11. The van der Waals surface area contributed by atoms with E-state index in [-0.39, 0.29) is 24.7 Å². The number of aromatic carboxylic acids is 2. The lowest BCUT2D eigenvalue weighted by Gasteiger charge is -1.96. The molecule has 0 aliphatic carbocycles. The van der Waals surface area contributed by atoms with Gasteiger partial charge < -0.3 is 29.2 Å². The molecule has 0 atom stereocenters. The molecule has 0 radical (unpaired) electrons. The van der Waals surface area contributed by atoms with Gasteiger partial charge >= 0.3 is 11.9 Å². The number of carboxylic acids is 2. The van der Waals surface area contributed by atoms with E-state index in [0.717, 1.165) is 0 Å². The van der Waals surface area contributed by atoms with Crippen LogP contribution in [0.15, 0.2) is 36.4 Å². The molecule has 0 bridgehead atoms. The molecule has 0 saturated heterocycles. The van der Waals surface area contributed by atoms with Gasteiger partial charge in [-0.2, -0.15) is 0 Å². The Balaban J connectivity index is 0.000000141. The molecule has 0 spiro atoms. The molecule has 8 nitrogen and oxygen atoms in total. The lowest BCUT2D eigenvalue weighted by molar-refractivity contribution is 0.0685. The number of carboxylic acid groups (broad SMARTS) is 2. The molecule has 0 unspecified atom stereocenters. The van der Waals surface area contributed by atoms with Gasteiger partial charge in [-0.05, 0) is 36.4 Å². The molecule has 0 amide bonds. The van der Waals surface area contributed by atoms with Crippen LogP contribution >= 0.6 is 0 Å². The summed E-state index contributed by atoms with van der Waals surface area (Å²) < 4.78 is 20.0. The zero-order chi connectivity index (χ0) is 17.1. The van der Waals surface area contributed by atoms with Crippen LogP contribution in [0, 0.1) is 0 Å². The highest BCUT2D eigenvalue weighted by molar-refractivity contribution is 5.89. The molecule has 2 aromatic rings. The van der Waals surface area contributed by atoms with Gasteiger partial charge in [0.05, 0.1) is 11.1 Å². The van der Waals surface area contributed by atoms with Gasteiger partial charge in [-0.15, -0.1) is 0 Å². The van der Waals surface area contributed by atoms with E-state index < -0.39 is 11.9 Å². The average Bonchev–Trinajstić information content (AvgIpc) is 3.22. The molecule has 8 heteroatoms. The summed E-state index contributed by atoms with van der Waals surface area (Å²) in [6, 6.07) is 9.04. The van der Waals surface area contributed by atoms with Crippen molar-refractivity contribution in [2.75, 3.05) is 13.6 Å². The number of ether oxygens (including phenoxy) is 4. The Morgan fingerprint density at radius 2 is 1.04 bits per heavy atom. The van der Waals surface area contributed by atoms with Crippen LogP contribution in [-0.2, 0) is 0 Å². The molecule has 2 aliphatic heterocycles. The minimum absolute atomic E-state index is 0.165. The summed E-state index contributed by atoms with van der Waals surface area (Å²) >= 11 is 0. The van der Waals surface area contributed by atoms with E-state index in [1.807, 2.05) is 0 Å². The smallest absolute Gasteiger partial charge is 0.335 e. The minimum Gasteiger partial charge on any atom is -0.478 e. The summed E-state index contributed by atoms with van der Waals surface area (Å²) in [7, 11) is 0. The molecule has 2 N–H and O–H groups in total. The average molecular weight is 332 g/mol. The maximum absolute atomic E-state index is 10.5. The van der Waals surface area contributed by atoms with Crippen molar-refractivity contribution in [1.82, 2.24) is 0 Å². The standard InChI is InChI=1S/2C8H6O4/c2*9-8(10)5-1-2-6-7(3-5)12-4-11-6/h2*1-3H,4H2,(H,9,10). The maximum atomic E-state index is 10.5. The van der Waals surface area contributed by atoms with Gasteiger partial charge in [0.25, 0.3) is 0 Å². The van der Waals surface area contributed by atoms with E-state index in [9.17, 15) is 9.59 Å². The number of fused-ring (bicyclic) bond motifs is 2. The number of benzene rings is 2. The fourth-order valence-corrected chi connectivity index (χ4v) is 2.06. The molecule has 124 valence electrons. The van der Waals surface area contributed by atoms with Gasteiger partial charge in [0.1, 0.15) is 0 Å². The van der Waals surface area contributed by atoms with E-state index in [1.165, 1.54) is 24.3 Å². The van der Waals surface area contributed by atoms with Crippen molar-refractivity contribution < 1.29 is 38.7 Å². The summed E-state index contributed by atoms with van der Waals surface area (Å²) in [5.41, 5.74) is 0.415. The van der Waals surface area contributed by atoms with Crippen molar-refractivity contribution in [2.45, 2.75) is 0 Å².